The number of carbonyl (C=O) groups is 2. The minimum absolute atomic E-state index is 0.00227. The summed E-state index contributed by atoms with van der Waals surface area (Å²) in [6.45, 7) is 3.51. The lowest BCUT2D eigenvalue weighted by molar-refractivity contribution is -0.385. The molecule has 0 heterocycles. The van der Waals surface area contributed by atoms with E-state index in [-0.39, 0.29) is 30.2 Å². The highest BCUT2D eigenvalue weighted by Crippen LogP contribution is 2.24. The van der Waals surface area contributed by atoms with Crippen LogP contribution in [-0.2, 0) is 14.3 Å². The number of rotatable bonds is 6. The van der Waals surface area contributed by atoms with E-state index in [0.717, 1.165) is 0 Å². The van der Waals surface area contributed by atoms with Crippen LogP contribution in [-0.4, -0.2) is 28.5 Å². The van der Waals surface area contributed by atoms with Gasteiger partial charge < -0.3 is 15.4 Å². The quantitative estimate of drug-likeness (QED) is 0.353. The summed E-state index contributed by atoms with van der Waals surface area (Å²) < 4.78 is 4.71. The van der Waals surface area contributed by atoms with Crippen LogP contribution in [0.2, 0.25) is 0 Å². The van der Waals surface area contributed by atoms with Gasteiger partial charge in [0.25, 0.3) is 5.69 Å². The van der Waals surface area contributed by atoms with E-state index in [2.05, 4.69) is 10.6 Å². The number of hydrogen-bond acceptors (Lipinski definition) is 6. The second-order valence-electron chi connectivity index (χ2n) is 4.51. The van der Waals surface area contributed by atoms with Crippen molar-refractivity contribution < 1.29 is 19.2 Å². The topological polar surface area (TPSA) is 111 Å². The van der Waals surface area contributed by atoms with Gasteiger partial charge >= 0.3 is 5.97 Å². The van der Waals surface area contributed by atoms with Crippen LogP contribution in [0, 0.1) is 17.0 Å². The first kappa shape index (κ1) is 18.5. The van der Waals surface area contributed by atoms with Gasteiger partial charge in [0.15, 0.2) is 5.11 Å². The molecular weight excluding hydrogens is 322 g/mol. The number of amides is 1. The van der Waals surface area contributed by atoms with E-state index in [9.17, 15) is 19.7 Å². The Morgan fingerprint density at radius 1 is 1.35 bits per heavy atom. The number of esters is 1. The predicted octanol–water partition coefficient (Wildman–Crippen LogP) is 2.06. The van der Waals surface area contributed by atoms with Gasteiger partial charge in [-0.2, -0.15) is 0 Å². The van der Waals surface area contributed by atoms with Crippen LogP contribution in [0.4, 0.5) is 11.4 Å². The second kappa shape index (κ2) is 8.79. The maximum Gasteiger partial charge on any atom is 0.306 e. The van der Waals surface area contributed by atoms with Crippen LogP contribution in [0.15, 0.2) is 18.2 Å². The molecule has 0 bridgehead atoms. The van der Waals surface area contributed by atoms with E-state index in [0.29, 0.717) is 11.3 Å². The van der Waals surface area contributed by atoms with Crippen LogP contribution in [0.3, 0.4) is 0 Å². The Kier molecular flexibility index (Phi) is 7.07. The lowest BCUT2D eigenvalue weighted by Crippen LogP contribution is -2.34. The highest BCUT2D eigenvalue weighted by Gasteiger charge is 2.15. The summed E-state index contributed by atoms with van der Waals surface area (Å²) in [5, 5.41) is 16.0. The smallest absolute Gasteiger partial charge is 0.306 e. The Hall–Kier alpha value is -2.55. The fourth-order valence-corrected chi connectivity index (χ4v) is 1.97. The fourth-order valence-electron chi connectivity index (χ4n) is 1.75. The van der Waals surface area contributed by atoms with Crippen LogP contribution in [0.1, 0.15) is 25.3 Å². The number of nitro benzene ring substituents is 1. The van der Waals surface area contributed by atoms with Gasteiger partial charge in [-0.05, 0) is 32.1 Å². The zero-order valence-electron chi connectivity index (χ0n) is 12.8. The number of benzene rings is 1. The van der Waals surface area contributed by atoms with E-state index >= 15 is 0 Å². The Morgan fingerprint density at radius 3 is 2.65 bits per heavy atom. The summed E-state index contributed by atoms with van der Waals surface area (Å²) in [6.07, 6.45) is -0.104. The van der Waals surface area contributed by atoms with Crippen molar-refractivity contribution in [2.45, 2.75) is 26.7 Å². The third-order valence-corrected chi connectivity index (χ3v) is 3.07. The molecule has 0 aliphatic carbocycles. The third-order valence-electron chi connectivity index (χ3n) is 2.86. The van der Waals surface area contributed by atoms with Gasteiger partial charge in [0.2, 0.25) is 5.91 Å². The minimum Gasteiger partial charge on any atom is -0.466 e. The van der Waals surface area contributed by atoms with Crippen LogP contribution in [0.5, 0.6) is 0 Å². The summed E-state index contributed by atoms with van der Waals surface area (Å²) in [4.78, 5) is 33.2. The zero-order valence-corrected chi connectivity index (χ0v) is 13.6. The van der Waals surface area contributed by atoms with Gasteiger partial charge in [-0.15, -0.1) is 0 Å². The first-order valence-corrected chi connectivity index (χ1v) is 7.26. The van der Waals surface area contributed by atoms with E-state index in [1.807, 2.05) is 0 Å². The summed E-state index contributed by atoms with van der Waals surface area (Å²) in [5.41, 5.74) is 0.780. The monoisotopic (exact) mass is 339 g/mol. The molecule has 0 saturated heterocycles. The Labute approximate surface area is 138 Å². The first-order chi connectivity index (χ1) is 10.8. The molecule has 1 amide bonds. The third kappa shape index (κ3) is 5.99. The van der Waals surface area contributed by atoms with Gasteiger partial charge in [0.1, 0.15) is 0 Å². The van der Waals surface area contributed by atoms with Crippen LogP contribution in [0.25, 0.3) is 0 Å². The van der Waals surface area contributed by atoms with E-state index < -0.39 is 16.8 Å². The summed E-state index contributed by atoms with van der Waals surface area (Å²) in [5.74, 6) is -0.908. The number of nitro groups is 1. The van der Waals surface area contributed by atoms with Gasteiger partial charge in [0, 0.05) is 12.5 Å². The molecule has 23 heavy (non-hydrogen) atoms. The molecule has 0 fully saturated rings. The zero-order chi connectivity index (χ0) is 17.4. The van der Waals surface area contributed by atoms with E-state index in [1.54, 1.807) is 19.9 Å². The van der Waals surface area contributed by atoms with Crippen LogP contribution >= 0.6 is 12.2 Å². The SMILES string of the molecule is CCOC(=O)CCC(=O)NC(=S)Nc1cccc([N+](=O)[O-])c1C. The fraction of sp³-hybridized carbons (Fsp3) is 0.357. The Balaban J connectivity index is 2.57. The van der Waals surface area contributed by atoms with Crippen molar-refractivity contribution in [2.75, 3.05) is 11.9 Å². The van der Waals surface area contributed by atoms with Crippen molar-refractivity contribution >= 4 is 40.6 Å². The number of nitrogens with one attached hydrogen (secondary N) is 2. The lowest BCUT2D eigenvalue weighted by atomic mass is 10.1. The number of hydrogen-bond donors (Lipinski definition) is 2. The molecule has 0 spiro atoms. The Morgan fingerprint density at radius 2 is 2.04 bits per heavy atom. The highest BCUT2D eigenvalue weighted by atomic mass is 32.1. The molecule has 0 unspecified atom stereocenters. The van der Waals surface area contributed by atoms with Crippen molar-refractivity contribution in [1.29, 1.82) is 0 Å². The predicted molar refractivity (Wildman–Crippen MR) is 88.1 cm³/mol. The van der Waals surface area contributed by atoms with Gasteiger partial charge in [-0.1, -0.05) is 6.07 Å². The molecule has 124 valence electrons. The largest absolute Gasteiger partial charge is 0.466 e. The summed E-state index contributed by atoms with van der Waals surface area (Å²) in [7, 11) is 0. The molecule has 0 atom stereocenters. The molecule has 1 rings (SSSR count). The number of thiocarbonyl (C=S) groups is 1. The van der Waals surface area contributed by atoms with Gasteiger partial charge in [0.05, 0.1) is 29.2 Å². The second-order valence-corrected chi connectivity index (χ2v) is 4.92. The molecule has 9 heteroatoms. The normalized spacial score (nSPS) is 9.83. The average molecular weight is 339 g/mol. The Bertz CT molecular complexity index is 633. The van der Waals surface area contributed by atoms with E-state index in [4.69, 9.17) is 17.0 Å². The standard InChI is InChI=1S/C14H17N3O5S/c1-3-22-13(19)8-7-12(18)16-14(23)15-10-5-4-6-11(9(10)2)17(20)21/h4-6H,3,7-8H2,1-2H3,(H2,15,16,18,23). The number of carbonyl (C=O) groups excluding carboxylic acids is 2. The van der Waals surface area contributed by atoms with Gasteiger partial charge in [-0.25, -0.2) is 0 Å². The molecule has 0 radical (unpaired) electrons. The van der Waals surface area contributed by atoms with Crippen molar-refractivity contribution in [3.05, 3.63) is 33.9 Å². The first-order valence-electron chi connectivity index (χ1n) is 6.85. The number of nitrogens with zero attached hydrogens (tertiary/aromatic N) is 1. The summed E-state index contributed by atoms with van der Waals surface area (Å²) >= 11 is 4.98. The van der Waals surface area contributed by atoms with Gasteiger partial charge in [-0.3, -0.25) is 19.7 Å². The number of ether oxygens (including phenoxy) is 1. The molecule has 0 aliphatic rings. The molecule has 0 aromatic heterocycles. The molecular formula is C14H17N3O5S. The molecule has 0 saturated carbocycles. The molecule has 2 N–H and O–H groups in total. The van der Waals surface area contributed by atoms with Crippen molar-refractivity contribution in [3.8, 4) is 0 Å². The summed E-state index contributed by atoms with van der Waals surface area (Å²) in [6, 6.07) is 4.50. The maximum atomic E-state index is 11.7. The number of anilines is 1. The minimum atomic E-state index is -0.499. The van der Waals surface area contributed by atoms with Crippen LogP contribution < -0.4 is 10.6 Å². The van der Waals surface area contributed by atoms with E-state index in [1.165, 1.54) is 12.1 Å². The highest BCUT2D eigenvalue weighted by molar-refractivity contribution is 7.80. The molecule has 1 aromatic carbocycles. The lowest BCUT2D eigenvalue weighted by Gasteiger charge is -2.11. The van der Waals surface area contributed by atoms with Crippen molar-refractivity contribution in [1.82, 2.24) is 5.32 Å². The molecule has 0 aliphatic heterocycles. The maximum absolute atomic E-state index is 11.7. The molecule has 1 aromatic rings. The van der Waals surface area contributed by atoms with Crippen molar-refractivity contribution in [2.24, 2.45) is 0 Å². The van der Waals surface area contributed by atoms with Crippen molar-refractivity contribution in [3.63, 3.8) is 0 Å². The average Bonchev–Trinajstić information content (AvgIpc) is 2.47. The molecule has 8 nitrogen and oxygen atoms in total.